The molecular formula is C14H22BrNO3. The van der Waals surface area contributed by atoms with Gasteiger partial charge in [-0.1, -0.05) is 15.9 Å². The van der Waals surface area contributed by atoms with Crippen molar-refractivity contribution in [1.82, 2.24) is 5.32 Å². The number of halogens is 1. The van der Waals surface area contributed by atoms with Gasteiger partial charge in [-0.05, 0) is 30.7 Å². The first-order valence-electron chi connectivity index (χ1n) is 6.23. The van der Waals surface area contributed by atoms with E-state index in [2.05, 4.69) is 21.2 Å². The molecule has 0 bridgehead atoms. The smallest absolute Gasteiger partial charge is 0.119 e. The summed E-state index contributed by atoms with van der Waals surface area (Å²) in [6.07, 6.45) is 0.546. The van der Waals surface area contributed by atoms with E-state index in [1.54, 1.807) is 14.2 Å². The third-order valence-corrected chi connectivity index (χ3v) is 3.59. The molecule has 1 aromatic rings. The van der Waals surface area contributed by atoms with Gasteiger partial charge in [0.2, 0.25) is 0 Å². The number of nitrogens with one attached hydrogen (secondary N) is 1. The van der Waals surface area contributed by atoms with Gasteiger partial charge in [-0.25, -0.2) is 0 Å². The molecule has 0 radical (unpaired) electrons. The Morgan fingerprint density at radius 1 is 1.37 bits per heavy atom. The minimum absolute atomic E-state index is 0.514. The highest BCUT2D eigenvalue weighted by Gasteiger charge is 2.22. The molecule has 4 nitrogen and oxygen atoms in total. The minimum Gasteiger partial charge on any atom is -0.497 e. The average Bonchev–Trinajstić information content (AvgIpc) is 2.37. The van der Waals surface area contributed by atoms with Crippen LogP contribution in [0.3, 0.4) is 0 Å². The van der Waals surface area contributed by atoms with Crippen LogP contribution in [0.2, 0.25) is 0 Å². The van der Waals surface area contributed by atoms with E-state index in [4.69, 9.17) is 9.47 Å². The van der Waals surface area contributed by atoms with Crippen molar-refractivity contribution < 1.29 is 14.6 Å². The minimum atomic E-state index is -0.817. The maximum atomic E-state index is 10.4. The zero-order valence-corrected chi connectivity index (χ0v) is 13.3. The van der Waals surface area contributed by atoms with Crippen LogP contribution >= 0.6 is 15.9 Å². The largest absolute Gasteiger partial charge is 0.497 e. The van der Waals surface area contributed by atoms with Crippen molar-refractivity contribution >= 4 is 15.9 Å². The molecule has 0 saturated heterocycles. The predicted octanol–water partition coefficient (Wildman–Crippen LogP) is 1.99. The number of rotatable bonds is 8. The molecule has 0 aliphatic heterocycles. The van der Waals surface area contributed by atoms with Crippen LogP contribution in [0.25, 0.3) is 0 Å². The zero-order chi connectivity index (χ0) is 14.3. The Kier molecular flexibility index (Phi) is 6.79. The fourth-order valence-corrected chi connectivity index (χ4v) is 2.21. The van der Waals surface area contributed by atoms with Crippen molar-refractivity contribution in [3.05, 3.63) is 28.2 Å². The van der Waals surface area contributed by atoms with E-state index in [1.165, 1.54) is 0 Å². The quantitative estimate of drug-likeness (QED) is 0.715. The molecule has 1 unspecified atom stereocenters. The maximum Gasteiger partial charge on any atom is 0.119 e. The van der Waals surface area contributed by atoms with E-state index in [0.717, 1.165) is 22.3 Å². The van der Waals surface area contributed by atoms with Crippen molar-refractivity contribution in [2.24, 2.45) is 0 Å². The molecule has 0 heterocycles. The van der Waals surface area contributed by atoms with E-state index >= 15 is 0 Å². The lowest BCUT2D eigenvalue weighted by Gasteiger charge is -2.24. The molecule has 1 atom stereocenters. The summed E-state index contributed by atoms with van der Waals surface area (Å²) in [5.74, 6) is 0.793. The lowest BCUT2D eigenvalue weighted by molar-refractivity contribution is 0.0579. The first kappa shape index (κ1) is 16.4. The summed E-state index contributed by atoms with van der Waals surface area (Å²) in [6, 6.07) is 5.76. The number of hydrogen-bond acceptors (Lipinski definition) is 4. The Morgan fingerprint density at radius 3 is 2.74 bits per heavy atom. The fraction of sp³-hybridized carbons (Fsp3) is 0.571. The van der Waals surface area contributed by atoms with Crippen molar-refractivity contribution in [3.63, 3.8) is 0 Å². The SMILES string of the molecule is COCCNCC(C)(O)Cc1cc(OC)ccc1Br. The second-order valence-electron chi connectivity index (χ2n) is 4.80. The summed E-state index contributed by atoms with van der Waals surface area (Å²) in [7, 11) is 3.30. The van der Waals surface area contributed by atoms with Gasteiger partial charge in [-0.3, -0.25) is 0 Å². The number of methoxy groups -OCH3 is 2. The normalized spacial score (nSPS) is 14.2. The highest BCUT2D eigenvalue weighted by molar-refractivity contribution is 9.10. The van der Waals surface area contributed by atoms with E-state index < -0.39 is 5.60 Å². The summed E-state index contributed by atoms with van der Waals surface area (Å²) < 4.78 is 11.1. The van der Waals surface area contributed by atoms with Gasteiger partial charge in [0, 0.05) is 31.1 Å². The van der Waals surface area contributed by atoms with Crippen LogP contribution in [0.1, 0.15) is 12.5 Å². The van der Waals surface area contributed by atoms with Crippen LogP contribution < -0.4 is 10.1 Å². The van der Waals surface area contributed by atoms with Gasteiger partial charge >= 0.3 is 0 Å². The molecule has 0 amide bonds. The van der Waals surface area contributed by atoms with Crippen LogP contribution in [0, 0.1) is 0 Å². The molecule has 0 saturated carbocycles. The topological polar surface area (TPSA) is 50.7 Å². The second-order valence-corrected chi connectivity index (χ2v) is 5.65. The molecule has 0 aromatic heterocycles. The summed E-state index contributed by atoms with van der Waals surface area (Å²) in [5, 5.41) is 13.6. The molecule has 1 rings (SSSR count). The van der Waals surface area contributed by atoms with Crippen LogP contribution in [0.5, 0.6) is 5.75 Å². The number of ether oxygens (including phenoxy) is 2. The van der Waals surface area contributed by atoms with Gasteiger partial charge in [0.1, 0.15) is 5.75 Å². The lowest BCUT2D eigenvalue weighted by atomic mass is 9.96. The molecule has 0 aliphatic carbocycles. The standard InChI is InChI=1S/C14H22BrNO3/c1-14(17,10-16-6-7-18-2)9-11-8-12(19-3)4-5-13(11)15/h4-5,8,16-17H,6-7,9-10H2,1-3H3. The molecule has 0 fully saturated rings. The second kappa shape index (κ2) is 7.85. The third-order valence-electron chi connectivity index (χ3n) is 2.81. The molecular weight excluding hydrogens is 310 g/mol. The average molecular weight is 332 g/mol. The summed E-state index contributed by atoms with van der Waals surface area (Å²) >= 11 is 3.50. The molecule has 2 N–H and O–H groups in total. The third kappa shape index (κ3) is 5.91. The Balaban J connectivity index is 2.61. The van der Waals surface area contributed by atoms with Crippen LogP contribution in [-0.2, 0) is 11.2 Å². The van der Waals surface area contributed by atoms with E-state index in [1.807, 2.05) is 25.1 Å². The van der Waals surface area contributed by atoms with Gasteiger partial charge in [0.15, 0.2) is 0 Å². The number of aliphatic hydroxyl groups is 1. The first-order chi connectivity index (χ1) is 8.98. The zero-order valence-electron chi connectivity index (χ0n) is 11.7. The number of benzene rings is 1. The summed E-state index contributed by atoms with van der Waals surface area (Å²) in [5.41, 5.74) is 0.209. The Bertz CT molecular complexity index is 396. The van der Waals surface area contributed by atoms with Crippen LogP contribution in [-0.4, -0.2) is 44.6 Å². The van der Waals surface area contributed by atoms with Crippen molar-refractivity contribution in [2.45, 2.75) is 18.9 Å². The molecule has 108 valence electrons. The Labute approximate surface area is 123 Å². The van der Waals surface area contributed by atoms with Gasteiger partial charge < -0.3 is 19.9 Å². The van der Waals surface area contributed by atoms with Gasteiger partial charge in [-0.15, -0.1) is 0 Å². The van der Waals surface area contributed by atoms with Crippen LogP contribution in [0.4, 0.5) is 0 Å². The van der Waals surface area contributed by atoms with E-state index in [-0.39, 0.29) is 0 Å². The first-order valence-corrected chi connectivity index (χ1v) is 7.02. The van der Waals surface area contributed by atoms with Crippen molar-refractivity contribution in [2.75, 3.05) is 33.9 Å². The summed E-state index contributed by atoms with van der Waals surface area (Å²) in [4.78, 5) is 0. The van der Waals surface area contributed by atoms with Crippen molar-refractivity contribution in [1.29, 1.82) is 0 Å². The number of hydrogen-bond donors (Lipinski definition) is 2. The predicted molar refractivity (Wildman–Crippen MR) is 79.8 cm³/mol. The lowest BCUT2D eigenvalue weighted by Crippen LogP contribution is -2.40. The highest BCUT2D eigenvalue weighted by atomic mass is 79.9. The maximum absolute atomic E-state index is 10.4. The van der Waals surface area contributed by atoms with Gasteiger partial charge in [-0.2, -0.15) is 0 Å². The summed E-state index contributed by atoms with van der Waals surface area (Å²) in [6.45, 7) is 3.70. The van der Waals surface area contributed by atoms with Crippen LogP contribution in [0.15, 0.2) is 22.7 Å². The molecule has 19 heavy (non-hydrogen) atoms. The van der Waals surface area contributed by atoms with Gasteiger partial charge in [0.05, 0.1) is 19.3 Å². The van der Waals surface area contributed by atoms with Crippen molar-refractivity contribution in [3.8, 4) is 5.75 Å². The molecule has 5 heteroatoms. The van der Waals surface area contributed by atoms with E-state index in [0.29, 0.717) is 19.6 Å². The molecule has 0 aliphatic rings. The monoisotopic (exact) mass is 331 g/mol. The Morgan fingerprint density at radius 2 is 2.11 bits per heavy atom. The molecule has 1 aromatic carbocycles. The molecule has 0 spiro atoms. The Hall–Kier alpha value is -0.620. The highest BCUT2D eigenvalue weighted by Crippen LogP contribution is 2.25. The fourth-order valence-electron chi connectivity index (χ4n) is 1.82. The van der Waals surface area contributed by atoms with E-state index in [9.17, 15) is 5.11 Å². The van der Waals surface area contributed by atoms with Gasteiger partial charge in [0.25, 0.3) is 0 Å².